The SMILES string of the molecule is C[C@H](NC(=O)N1CCC(C(=O)O)C1)c1ccc(C(F)(F)F)cc1. The summed E-state index contributed by atoms with van der Waals surface area (Å²) in [5.74, 6) is -1.50. The van der Waals surface area contributed by atoms with Gasteiger partial charge in [0.1, 0.15) is 0 Å². The van der Waals surface area contributed by atoms with Crippen LogP contribution in [0.2, 0.25) is 0 Å². The quantitative estimate of drug-likeness (QED) is 0.895. The largest absolute Gasteiger partial charge is 0.481 e. The molecule has 2 atom stereocenters. The molecule has 1 aliphatic rings. The summed E-state index contributed by atoms with van der Waals surface area (Å²) in [5, 5.41) is 11.6. The van der Waals surface area contributed by atoms with E-state index in [-0.39, 0.29) is 6.54 Å². The third-order valence-electron chi connectivity index (χ3n) is 3.90. The van der Waals surface area contributed by atoms with Crippen LogP contribution in [0.4, 0.5) is 18.0 Å². The minimum atomic E-state index is -4.40. The molecule has 2 N–H and O–H groups in total. The standard InChI is InChI=1S/C15H17F3N2O3/c1-9(10-2-4-12(5-3-10)15(16,17)18)19-14(23)20-7-6-11(8-20)13(21)22/h2-5,9,11H,6-8H2,1H3,(H,19,23)(H,21,22)/t9-,11?/m0/s1. The number of urea groups is 1. The van der Waals surface area contributed by atoms with Gasteiger partial charge in [-0.15, -0.1) is 0 Å². The minimum Gasteiger partial charge on any atom is -0.481 e. The minimum absolute atomic E-state index is 0.140. The number of nitrogens with zero attached hydrogens (tertiary/aromatic N) is 1. The molecule has 1 heterocycles. The van der Waals surface area contributed by atoms with E-state index < -0.39 is 35.7 Å². The zero-order chi connectivity index (χ0) is 17.2. The first-order chi connectivity index (χ1) is 10.7. The van der Waals surface area contributed by atoms with E-state index in [1.807, 2.05) is 0 Å². The Balaban J connectivity index is 1.95. The number of carboxylic acids is 1. The van der Waals surface area contributed by atoms with Gasteiger partial charge in [0.15, 0.2) is 0 Å². The molecule has 0 saturated carbocycles. The summed E-state index contributed by atoms with van der Waals surface area (Å²) in [6, 6.07) is 3.67. The molecule has 0 radical (unpaired) electrons. The highest BCUT2D eigenvalue weighted by atomic mass is 19.4. The monoisotopic (exact) mass is 330 g/mol. The lowest BCUT2D eigenvalue weighted by molar-refractivity contribution is -0.141. The van der Waals surface area contributed by atoms with Crippen LogP contribution in [0, 0.1) is 5.92 Å². The van der Waals surface area contributed by atoms with E-state index in [9.17, 15) is 22.8 Å². The predicted molar refractivity (Wildman–Crippen MR) is 75.7 cm³/mol. The molecule has 23 heavy (non-hydrogen) atoms. The van der Waals surface area contributed by atoms with Crippen LogP contribution in [0.25, 0.3) is 0 Å². The zero-order valence-corrected chi connectivity index (χ0v) is 12.4. The van der Waals surface area contributed by atoms with Crippen molar-refractivity contribution in [1.82, 2.24) is 10.2 Å². The number of nitrogens with one attached hydrogen (secondary N) is 1. The fourth-order valence-electron chi connectivity index (χ4n) is 2.47. The molecule has 2 amide bonds. The Labute approximate surface area is 131 Å². The average Bonchev–Trinajstić information content (AvgIpc) is 2.96. The number of likely N-dealkylation sites (tertiary alicyclic amines) is 1. The third kappa shape index (κ3) is 4.14. The Hall–Kier alpha value is -2.25. The lowest BCUT2D eigenvalue weighted by Gasteiger charge is -2.21. The molecule has 0 spiro atoms. The molecule has 1 saturated heterocycles. The van der Waals surface area contributed by atoms with Gasteiger partial charge in [-0.1, -0.05) is 12.1 Å². The Bertz CT molecular complexity index is 587. The Morgan fingerprint density at radius 2 is 1.91 bits per heavy atom. The van der Waals surface area contributed by atoms with Crippen molar-refractivity contribution in [1.29, 1.82) is 0 Å². The van der Waals surface area contributed by atoms with Gasteiger partial charge in [-0.25, -0.2) is 4.79 Å². The molecule has 0 aromatic heterocycles. The van der Waals surface area contributed by atoms with E-state index in [0.717, 1.165) is 12.1 Å². The smallest absolute Gasteiger partial charge is 0.416 e. The third-order valence-corrected chi connectivity index (χ3v) is 3.90. The molecular formula is C15H17F3N2O3. The summed E-state index contributed by atoms with van der Waals surface area (Å²) in [4.78, 5) is 24.3. The summed E-state index contributed by atoms with van der Waals surface area (Å²) in [6.45, 7) is 2.15. The number of hydrogen-bond acceptors (Lipinski definition) is 2. The number of aliphatic carboxylic acids is 1. The van der Waals surface area contributed by atoms with Gasteiger partial charge in [0, 0.05) is 13.1 Å². The molecule has 1 unspecified atom stereocenters. The lowest BCUT2D eigenvalue weighted by Crippen LogP contribution is -2.40. The van der Waals surface area contributed by atoms with Crippen LogP contribution < -0.4 is 5.32 Å². The van der Waals surface area contributed by atoms with Crippen LogP contribution in [0.15, 0.2) is 24.3 Å². The molecule has 5 nitrogen and oxygen atoms in total. The van der Waals surface area contributed by atoms with Gasteiger partial charge >= 0.3 is 18.2 Å². The molecule has 0 bridgehead atoms. The van der Waals surface area contributed by atoms with Gasteiger partial charge in [-0.05, 0) is 31.0 Å². The molecule has 1 fully saturated rings. The number of carbonyl (C=O) groups excluding carboxylic acids is 1. The lowest BCUT2D eigenvalue weighted by atomic mass is 10.1. The van der Waals surface area contributed by atoms with Crippen LogP contribution >= 0.6 is 0 Å². The van der Waals surface area contributed by atoms with Gasteiger partial charge < -0.3 is 15.3 Å². The van der Waals surface area contributed by atoms with E-state index in [0.29, 0.717) is 18.5 Å². The first kappa shape index (κ1) is 17.1. The second-order valence-electron chi connectivity index (χ2n) is 5.56. The topological polar surface area (TPSA) is 69.6 Å². The van der Waals surface area contributed by atoms with E-state index in [1.165, 1.54) is 17.0 Å². The van der Waals surface area contributed by atoms with Crippen LogP contribution in [0.1, 0.15) is 30.5 Å². The fraction of sp³-hybridized carbons (Fsp3) is 0.467. The fourth-order valence-corrected chi connectivity index (χ4v) is 2.47. The highest BCUT2D eigenvalue weighted by Crippen LogP contribution is 2.30. The number of hydrogen-bond donors (Lipinski definition) is 2. The molecular weight excluding hydrogens is 313 g/mol. The Morgan fingerprint density at radius 3 is 2.39 bits per heavy atom. The van der Waals surface area contributed by atoms with Gasteiger partial charge in [0.05, 0.1) is 17.5 Å². The van der Waals surface area contributed by atoms with Gasteiger partial charge in [-0.2, -0.15) is 13.2 Å². The maximum atomic E-state index is 12.5. The van der Waals surface area contributed by atoms with Crippen LogP contribution in [-0.4, -0.2) is 35.1 Å². The number of carboxylic acid groups (broad SMARTS) is 1. The molecule has 2 rings (SSSR count). The summed E-state index contributed by atoms with van der Waals surface area (Å²) in [5.41, 5.74) is -0.205. The maximum Gasteiger partial charge on any atom is 0.416 e. The molecule has 1 aromatic carbocycles. The van der Waals surface area contributed by atoms with Crippen molar-refractivity contribution in [2.75, 3.05) is 13.1 Å². The van der Waals surface area contributed by atoms with Crippen LogP contribution in [0.5, 0.6) is 0 Å². The summed E-state index contributed by atoms with van der Waals surface area (Å²) < 4.78 is 37.5. The van der Waals surface area contributed by atoms with E-state index >= 15 is 0 Å². The van der Waals surface area contributed by atoms with E-state index in [1.54, 1.807) is 6.92 Å². The molecule has 1 aromatic rings. The van der Waals surface area contributed by atoms with Crippen molar-refractivity contribution in [3.05, 3.63) is 35.4 Å². The number of amides is 2. The van der Waals surface area contributed by atoms with Crippen molar-refractivity contribution in [3.8, 4) is 0 Å². The molecule has 8 heteroatoms. The van der Waals surface area contributed by atoms with Crippen molar-refractivity contribution in [3.63, 3.8) is 0 Å². The maximum absolute atomic E-state index is 12.5. The molecule has 1 aliphatic heterocycles. The van der Waals surface area contributed by atoms with Crippen molar-refractivity contribution in [2.45, 2.75) is 25.6 Å². The Morgan fingerprint density at radius 1 is 1.30 bits per heavy atom. The van der Waals surface area contributed by atoms with E-state index in [2.05, 4.69) is 5.32 Å². The summed E-state index contributed by atoms with van der Waals surface area (Å²) in [7, 11) is 0. The van der Waals surface area contributed by atoms with Crippen LogP contribution in [0.3, 0.4) is 0 Å². The van der Waals surface area contributed by atoms with Crippen molar-refractivity contribution in [2.24, 2.45) is 5.92 Å². The van der Waals surface area contributed by atoms with Gasteiger partial charge in [-0.3, -0.25) is 4.79 Å². The predicted octanol–water partition coefficient (Wildman–Crippen LogP) is 2.88. The number of benzene rings is 1. The highest BCUT2D eigenvalue weighted by molar-refractivity contribution is 5.77. The zero-order valence-electron chi connectivity index (χ0n) is 12.4. The number of carbonyl (C=O) groups is 2. The molecule has 126 valence electrons. The van der Waals surface area contributed by atoms with Crippen LogP contribution in [-0.2, 0) is 11.0 Å². The average molecular weight is 330 g/mol. The van der Waals surface area contributed by atoms with E-state index in [4.69, 9.17) is 5.11 Å². The highest BCUT2D eigenvalue weighted by Gasteiger charge is 2.32. The van der Waals surface area contributed by atoms with Crippen molar-refractivity contribution < 1.29 is 27.9 Å². The number of rotatable bonds is 3. The Kier molecular flexibility index (Phi) is 4.82. The molecule has 0 aliphatic carbocycles. The second kappa shape index (κ2) is 6.47. The van der Waals surface area contributed by atoms with Crippen molar-refractivity contribution >= 4 is 12.0 Å². The number of alkyl halides is 3. The van der Waals surface area contributed by atoms with Gasteiger partial charge in [0.25, 0.3) is 0 Å². The second-order valence-corrected chi connectivity index (χ2v) is 5.56. The normalized spacial score (nSPS) is 19.5. The van der Waals surface area contributed by atoms with Gasteiger partial charge in [0.2, 0.25) is 0 Å². The summed E-state index contributed by atoms with van der Waals surface area (Å²) in [6.07, 6.45) is -4.00. The summed E-state index contributed by atoms with van der Waals surface area (Å²) >= 11 is 0. The number of halogens is 3. The first-order valence-corrected chi connectivity index (χ1v) is 7.14. The first-order valence-electron chi connectivity index (χ1n) is 7.14.